The van der Waals surface area contributed by atoms with E-state index < -0.39 is 27.3 Å². The normalized spacial score (nSPS) is 15.9. The fourth-order valence-corrected chi connectivity index (χ4v) is 2.04. The molecular weight excluding hydrogens is 207 g/mol. The van der Waals surface area contributed by atoms with E-state index in [1.165, 1.54) is 0 Å². The lowest BCUT2D eigenvalue weighted by Crippen LogP contribution is -2.36. The minimum absolute atomic E-state index is 0.0447. The van der Waals surface area contributed by atoms with Crippen molar-refractivity contribution in [3.05, 3.63) is 0 Å². The van der Waals surface area contributed by atoms with Crippen molar-refractivity contribution >= 4 is 8.80 Å². The molecule has 13 heavy (non-hydrogen) atoms. The van der Waals surface area contributed by atoms with E-state index in [1.54, 1.807) is 6.55 Å². The van der Waals surface area contributed by atoms with Gasteiger partial charge in [-0.1, -0.05) is 25.6 Å². The van der Waals surface area contributed by atoms with E-state index in [0.717, 1.165) is 6.04 Å². The van der Waals surface area contributed by atoms with E-state index in [4.69, 9.17) is 0 Å². The number of hydrogen-bond donors (Lipinski definition) is 0. The summed E-state index contributed by atoms with van der Waals surface area (Å²) in [7, 11) is -1.33. The van der Waals surface area contributed by atoms with Crippen molar-refractivity contribution in [1.29, 1.82) is 0 Å². The SMILES string of the molecule is CC[SiH](C)CCC(F)(F)C(F)(F)F. The van der Waals surface area contributed by atoms with Crippen LogP contribution < -0.4 is 0 Å². The second kappa shape index (κ2) is 4.39. The van der Waals surface area contributed by atoms with Gasteiger partial charge in [0.1, 0.15) is 0 Å². The van der Waals surface area contributed by atoms with Gasteiger partial charge in [-0.2, -0.15) is 22.0 Å². The quantitative estimate of drug-likeness (QED) is 0.503. The van der Waals surface area contributed by atoms with Crippen molar-refractivity contribution in [1.82, 2.24) is 0 Å². The van der Waals surface area contributed by atoms with Crippen LogP contribution >= 0.6 is 0 Å². The maximum atomic E-state index is 12.3. The van der Waals surface area contributed by atoms with Crippen molar-refractivity contribution in [2.75, 3.05) is 0 Å². The summed E-state index contributed by atoms with van der Waals surface area (Å²) in [4.78, 5) is 0. The molecule has 0 saturated carbocycles. The fourth-order valence-electron chi connectivity index (χ4n) is 0.774. The highest BCUT2D eigenvalue weighted by atomic mass is 28.3. The molecule has 0 spiro atoms. The summed E-state index contributed by atoms with van der Waals surface area (Å²) < 4.78 is 59.6. The van der Waals surface area contributed by atoms with Gasteiger partial charge in [0, 0.05) is 15.2 Å². The third-order valence-electron chi connectivity index (χ3n) is 2.06. The molecular formula is C7H13F5Si. The van der Waals surface area contributed by atoms with E-state index in [2.05, 4.69) is 0 Å². The fraction of sp³-hybridized carbons (Fsp3) is 1.00. The van der Waals surface area contributed by atoms with Gasteiger partial charge < -0.3 is 0 Å². The molecule has 0 rings (SSSR count). The highest BCUT2D eigenvalue weighted by molar-refractivity contribution is 6.57. The van der Waals surface area contributed by atoms with Gasteiger partial charge in [0.05, 0.1) is 0 Å². The van der Waals surface area contributed by atoms with Crippen LogP contribution in [0.5, 0.6) is 0 Å². The minimum Gasteiger partial charge on any atom is -0.196 e. The molecule has 0 aromatic carbocycles. The van der Waals surface area contributed by atoms with Crippen LogP contribution in [0, 0.1) is 0 Å². The molecule has 0 radical (unpaired) electrons. The minimum atomic E-state index is -5.38. The standard InChI is InChI=1S/C7H13F5Si/c1-3-13(2)5-4-6(8,9)7(10,11)12/h13H,3-5H2,1-2H3. The molecule has 80 valence electrons. The zero-order valence-electron chi connectivity index (χ0n) is 7.59. The zero-order valence-corrected chi connectivity index (χ0v) is 8.74. The highest BCUT2D eigenvalue weighted by Gasteiger charge is 2.56. The summed E-state index contributed by atoms with van der Waals surface area (Å²) in [5, 5.41) is 0. The average Bonchev–Trinajstić information content (AvgIpc) is 1.98. The van der Waals surface area contributed by atoms with Crippen molar-refractivity contribution < 1.29 is 22.0 Å². The smallest absolute Gasteiger partial charge is 0.196 e. The van der Waals surface area contributed by atoms with Crippen LogP contribution in [0.25, 0.3) is 0 Å². The largest absolute Gasteiger partial charge is 0.453 e. The van der Waals surface area contributed by atoms with Crippen LogP contribution in [0.2, 0.25) is 18.6 Å². The average molecular weight is 220 g/mol. The monoisotopic (exact) mass is 220 g/mol. The topological polar surface area (TPSA) is 0 Å². The third kappa shape index (κ3) is 4.06. The van der Waals surface area contributed by atoms with Crippen molar-refractivity contribution in [2.45, 2.75) is 44.1 Å². The van der Waals surface area contributed by atoms with E-state index in [1.807, 2.05) is 6.92 Å². The molecule has 0 aromatic heterocycles. The van der Waals surface area contributed by atoms with Gasteiger partial charge in [0.25, 0.3) is 0 Å². The molecule has 1 unspecified atom stereocenters. The maximum absolute atomic E-state index is 12.3. The van der Waals surface area contributed by atoms with Crippen LogP contribution in [0.15, 0.2) is 0 Å². The summed E-state index contributed by atoms with van der Waals surface area (Å²) in [6, 6.07) is 0.803. The van der Waals surface area contributed by atoms with Crippen LogP contribution in [0.3, 0.4) is 0 Å². The molecule has 0 saturated heterocycles. The van der Waals surface area contributed by atoms with Crippen molar-refractivity contribution in [2.24, 2.45) is 0 Å². The van der Waals surface area contributed by atoms with E-state index in [-0.39, 0.29) is 6.04 Å². The summed E-state index contributed by atoms with van der Waals surface area (Å²) in [5.41, 5.74) is 0. The molecule has 0 amide bonds. The van der Waals surface area contributed by atoms with Gasteiger partial charge in [0.2, 0.25) is 0 Å². The van der Waals surface area contributed by atoms with Crippen LogP contribution in [0.4, 0.5) is 22.0 Å². The van der Waals surface area contributed by atoms with Crippen LogP contribution in [0.1, 0.15) is 13.3 Å². The zero-order chi connectivity index (χ0) is 10.7. The predicted octanol–water partition coefficient (Wildman–Crippen LogP) is 3.45. The summed E-state index contributed by atoms with van der Waals surface area (Å²) in [6.07, 6.45) is -6.42. The predicted molar refractivity (Wildman–Crippen MR) is 43.9 cm³/mol. The van der Waals surface area contributed by atoms with Crippen molar-refractivity contribution in [3.8, 4) is 0 Å². The Labute approximate surface area is 75.7 Å². The molecule has 0 aliphatic rings. The van der Waals surface area contributed by atoms with Gasteiger partial charge in [-0.25, -0.2) is 0 Å². The number of alkyl halides is 5. The van der Waals surface area contributed by atoms with Crippen LogP contribution in [-0.4, -0.2) is 20.9 Å². The molecule has 0 bridgehead atoms. The van der Waals surface area contributed by atoms with E-state index in [9.17, 15) is 22.0 Å². The maximum Gasteiger partial charge on any atom is 0.453 e. The summed E-state index contributed by atoms with van der Waals surface area (Å²) in [5.74, 6) is -4.50. The molecule has 0 aliphatic heterocycles. The first-order chi connectivity index (χ1) is 5.70. The molecule has 0 aliphatic carbocycles. The first-order valence-electron chi connectivity index (χ1n) is 4.15. The lowest BCUT2D eigenvalue weighted by molar-refractivity contribution is -0.282. The van der Waals surface area contributed by atoms with E-state index >= 15 is 0 Å². The summed E-state index contributed by atoms with van der Waals surface area (Å²) in [6.45, 7) is 3.62. The van der Waals surface area contributed by atoms with E-state index in [0.29, 0.717) is 0 Å². The van der Waals surface area contributed by atoms with Gasteiger partial charge in [-0.15, -0.1) is 0 Å². The van der Waals surface area contributed by atoms with Crippen molar-refractivity contribution in [3.63, 3.8) is 0 Å². The second-order valence-corrected chi connectivity index (χ2v) is 6.86. The Morgan fingerprint density at radius 1 is 1.08 bits per heavy atom. The lowest BCUT2D eigenvalue weighted by Gasteiger charge is -2.20. The number of halogens is 5. The summed E-state index contributed by atoms with van der Waals surface area (Å²) >= 11 is 0. The van der Waals surface area contributed by atoms with Crippen LogP contribution in [-0.2, 0) is 0 Å². The molecule has 0 heterocycles. The Bertz CT molecular complexity index is 153. The second-order valence-electron chi connectivity index (χ2n) is 3.25. The van der Waals surface area contributed by atoms with Gasteiger partial charge in [-0.3, -0.25) is 0 Å². The molecule has 0 fully saturated rings. The first kappa shape index (κ1) is 12.9. The van der Waals surface area contributed by atoms with Gasteiger partial charge in [-0.05, 0) is 0 Å². The number of hydrogen-bond acceptors (Lipinski definition) is 0. The molecule has 1 atom stereocenters. The molecule has 6 heteroatoms. The van der Waals surface area contributed by atoms with Gasteiger partial charge in [0.15, 0.2) is 0 Å². The Morgan fingerprint density at radius 2 is 1.54 bits per heavy atom. The molecule has 0 nitrogen and oxygen atoms in total. The Kier molecular flexibility index (Phi) is 4.34. The Hall–Kier alpha value is -0.133. The van der Waals surface area contributed by atoms with Gasteiger partial charge >= 0.3 is 12.1 Å². The Balaban J connectivity index is 4.04. The number of rotatable bonds is 4. The Morgan fingerprint density at radius 3 is 1.85 bits per heavy atom. The molecule has 0 aromatic rings. The third-order valence-corrected chi connectivity index (χ3v) is 4.73. The first-order valence-corrected chi connectivity index (χ1v) is 6.94. The molecule has 0 N–H and O–H groups in total. The lowest BCUT2D eigenvalue weighted by atomic mass is 10.2. The highest BCUT2D eigenvalue weighted by Crippen LogP contribution is 2.39.